The number of ether oxygens (including phenoxy) is 1. The average molecular weight is 444 g/mol. The van der Waals surface area contributed by atoms with Gasteiger partial charge in [0.2, 0.25) is 5.91 Å². The molecular formula is C19H17FN6O4S. The second-order valence-electron chi connectivity index (χ2n) is 6.69. The highest BCUT2D eigenvalue weighted by Crippen LogP contribution is 2.28. The van der Waals surface area contributed by atoms with Crippen molar-refractivity contribution in [3.8, 4) is 17.0 Å². The third-order valence-electron chi connectivity index (χ3n) is 4.73. The van der Waals surface area contributed by atoms with Crippen molar-refractivity contribution >= 4 is 33.5 Å². The first kappa shape index (κ1) is 20.5. The van der Waals surface area contributed by atoms with Gasteiger partial charge in [0, 0.05) is 25.0 Å². The average Bonchev–Trinajstić information content (AvgIpc) is 3.38. The number of aromatic nitrogens is 5. The Hall–Kier alpha value is -3.80. The lowest BCUT2D eigenvalue weighted by atomic mass is 10.1. The van der Waals surface area contributed by atoms with Gasteiger partial charge in [-0.3, -0.25) is 18.7 Å². The van der Waals surface area contributed by atoms with Crippen molar-refractivity contribution in [3.05, 3.63) is 56.6 Å². The molecule has 12 heteroatoms. The Kier molecular flexibility index (Phi) is 5.15. The Bertz CT molecular complexity index is 1430. The molecule has 1 N–H and O–H groups in total. The van der Waals surface area contributed by atoms with E-state index in [1.165, 1.54) is 60.1 Å². The molecule has 0 saturated heterocycles. The summed E-state index contributed by atoms with van der Waals surface area (Å²) in [6, 6.07) is 4.47. The van der Waals surface area contributed by atoms with Crippen LogP contribution in [0.3, 0.4) is 0 Å². The van der Waals surface area contributed by atoms with Crippen LogP contribution >= 0.6 is 11.3 Å². The van der Waals surface area contributed by atoms with Crippen LogP contribution in [0.4, 0.5) is 9.52 Å². The molecule has 0 bridgehead atoms. The number of methoxy groups -OCH3 is 1. The van der Waals surface area contributed by atoms with Crippen molar-refractivity contribution < 1.29 is 13.9 Å². The number of halogens is 1. The third-order valence-corrected chi connectivity index (χ3v) is 5.49. The number of hydrogen-bond donors (Lipinski definition) is 1. The number of nitrogens with zero attached hydrogens (tertiary/aromatic N) is 5. The number of carbonyl (C=O) groups is 1. The predicted molar refractivity (Wildman–Crippen MR) is 113 cm³/mol. The van der Waals surface area contributed by atoms with E-state index in [9.17, 15) is 18.8 Å². The van der Waals surface area contributed by atoms with Crippen LogP contribution in [0.25, 0.3) is 22.4 Å². The van der Waals surface area contributed by atoms with Gasteiger partial charge in [-0.2, -0.15) is 0 Å². The van der Waals surface area contributed by atoms with Crippen molar-refractivity contribution in [2.24, 2.45) is 14.1 Å². The zero-order chi connectivity index (χ0) is 22.3. The van der Waals surface area contributed by atoms with Gasteiger partial charge in [-0.1, -0.05) is 0 Å². The molecule has 0 aliphatic rings. The number of fused-ring (bicyclic) bond motifs is 1. The fraction of sp³-hybridized carbons (Fsp3) is 0.211. The number of imidazole rings is 1. The predicted octanol–water partition coefficient (Wildman–Crippen LogP) is 1.34. The van der Waals surface area contributed by atoms with Gasteiger partial charge in [0.1, 0.15) is 6.54 Å². The number of benzene rings is 1. The van der Waals surface area contributed by atoms with E-state index in [2.05, 4.69) is 15.3 Å². The quantitative estimate of drug-likeness (QED) is 0.497. The Morgan fingerprint density at radius 2 is 2.03 bits per heavy atom. The zero-order valence-electron chi connectivity index (χ0n) is 16.7. The molecule has 0 saturated carbocycles. The second-order valence-corrected chi connectivity index (χ2v) is 7.54. The van der Waals surface area contributed by atoms with Crippen LogP contribution < -0.4 is 21.3 Å². The second kappa shape index (κ2) is 7.80. The highest BCUT2D eigenvalue weighted by molar-refractivity contribution is 7.14. The lowest BCUT2D eigenvalue weighted by Gasteiger charge is -2.06. The number of anilines is 1. The summed E-state index contributed by atoms with van der Waals surface area (Å²) in [6.45, 7) is -0.198. The van der Waals surface area contributed by atoms with Crippen LogP contribution in [-0.4, -0.2) is 36.7 Å². The maximum absolute atomic E-state index is 13.9. The van der Waals surface area contributed by atoms with Crippen LogP contribution in [0.2, 0.25) is 0 Å². The fourth-order valence-corrected chi connectivity index (χ4v) is 3.86. The Morgan fingerprint density at radius 3 is 2.74 bits per heavy atom. The van der Waals surface area contributed by atoms with Crippen LogP contribution in [0, 0.1) is 5.82 Å². The van der Waals surface area contributed by atoms with Gasteiger partial charge < -0.3 is 14.6 Å². The highest BCUT2D eigenvalue weighted by Gasteiger charge is 2.17. The van der Waals surface area contributed by atoms with Crippen LogP contribution in [0.15, 0.2) is 39.5 Å². The fourth-order valence-electron chi connectivity index (χ4n) is 3.12. The maximum atomic E-state index is 13.9. The highest BCUT2D eigenvalue weighted by atomic mass is 32.1. The largest absolute Gasteiger partial charge is 0.494 e. The molecule has 0 atom stereocenters. The first-order valence-corrected chi connectivity index (χ1v) is 9.88. The number of aryl methyl sites for hydroxylation is 1. The molecule has 31 heavy (non-hydrogen) atoms. The monoisotopic (exact) mass is 444 g/mol. The summed E-state index contributed by atoms with van der Waals surface area (Å²) in [6.07, 6.45) is 1.33. The van der Waals surface area contributed by atoms with E-state index in [0.29, 0.717) is 16.4 Å². The normalized spacial score (nSPS) is 11.1. The molecule has 3 heterocycles. The van der Waals surface area contributed by atoms with Gasteiger partial charge in [0.25, 0.3) is 5.56 Å². The SMILES string of the molecule is COc1ccc(-c2csc(NC(=O)Cn3cnc4c3c(=O)n(C)c(=O)n4C)n2)cc1F. The van der Waals surface area contributed by atoms with Gasteiger partial charge in [0.15, 0.2) is 27.9 Å². The molecule has 0 unspecified atom stereocenters. The van der Waals surface area contributed by atoms with Crippen molar-refractivity contribution in [3.63, 3.8) is 0 Å². The molecular weight excluding hydrogens is 427 g/mol. The smallest absolute Gasteiger partial charge is 0.332 e. The van der Waals surface area contributed by atoms with Crippen molar-refractivity contribution in [1.82, 2.24) is 23.7 Å². The standard InChI is InChI=1S/C19H17FN6O4S/c1-24-16-15(17(28)25(2)19(24)29)26(9-21-16)7-14(27)23-18-22-12(8-31-18)10-4-5-13(30-3)11(20)6-10/h4-6,8-9H,7H2,1-3H3,(H,22,23,27). The molecule has 0 fully saturated rings. The third kappa shape index (κ3) is 3.61. The van der Waals surface area contributed by atoms with Crippen LogP contribution in [0.5, 0.6) is 5.75 Å². The van der Waals surface area contributed by atoms with Gasteiger partial charge >= 0.3 is 5.69 Å². The summed E-state index contributed by atoms with van der Waals surface area (Å²) in [5, 5.41) is 4.67. The number of carbonyl (C=O) groups excluding carboxylic acids is 1. The van der Waals surface area contributed by atoms with Gasteiger partial charge in [0.05, 0.1) is 19.1 Å². The van der Waals surface area contributed by atoms with Crippen LogP contribution in [-0.2, 0) is 25.4 Å². The van der Waals surface area contributed by atoms with Crippen molar-refractivity contribution in [2.75, 3.05) is 12.4 Å². The van der Waals surface area contributed by atoms with Crippen molar-refractivity contribution in [2.45, 2.75) is 6.54 Å². The first-order valence-electron chi connectivity index (χ1n) is 9.00. The number of amides is 1. The lowest BCUT2D eigenvalue weighted by Crippen LogP contribution is -2.37. The minimum atomic E-state index is -0.540. The van der Waals surface area contributed by atoms with Gasteiger partial charge in [-0.25, -0.2) is 19.2 Å². The van der Waals surface area contributed by atoms with E-state index in [0.717, 1.165) is 4.57 Å². The molecule has 4 aromatic rings. The number of nitrogens with one attached hydrogen (secondary N) is 1. The molecule has 0 aliphatic heterocycles. The minimum Gasteiger partial charge on any atom is -0.494 e. The van der Waals surface area contributed by atoms with E-state index in [4.69, 9.17) is 4.74 Å². The van der Waals surface area contributed by atoms with Gasteiger partial charge in [-0.05, 0) is 18.2 Å². The number of rotatable bonds is 5. The summed E-state index contributed by atoms with van der Waals surface area (Å²) >= 11 is 1.18. The Labute approximate surface area is 178 Å². The van der Waals surface area contributed by atoms with Crippen molar-refractivity contribution in [1.29, 1.82) is 0 Å². The maximum Gasteiger partial charge on any atom is 0.332 e. The number of thiazole rings is 1. The minimum absolute atomic E-state index is 0.128. The molecule has 160 valence electrons. The summed E-state index contributed by atoms with van der Waals surface area (Å²) in [4.78, 5) is 45.4. The topological polar surface area (TPSA) is 113 Å². The summed E-state index contributed by atoms with van der Waals surface area (Å²) < 4.78 is 22.4. The van der Waals surface area contributed by atoms with E-state index < -0.39 is 23.0 Å². The zero-order valence-corrected chi connectivity index (χ0v) is 17.6. The summed E-state index contributed by atoms with van der Waals surface area (Å²) in [5.74, 6) is -0.817. The molecule has 4 rings (SSSR count). The number of hydrogen-bond acceptors (Lipinski definition) is 7. The summed E-state index contributed by atoms with van der Waals surface area (Å²) in [7, 11) is 4.24. The van der Waals surface area contributed by atoms with Gasteiger partial charge in [-0.15, -0.1) is 11.3 Å². The molecule has 1 amide bonds. The summed E-state index contributed by atoms with van der Waals surface area (Å²) in [5.41, 5.74) is 0.338. The van der Waals surface area contributed by atoms with Crippen LogP contribution in [0.1, 0.15) is 0 Å². The Balaban J connectivity index is 1.55. The first-order chi connectivity index (χ1) is 14.8. The Morgan fingerprint density at radius 1 is 1.26 bits per heavy atom. The lowest BCUT2D eigenvalue weighted by molar-refractivity contribution is -0.116. The molecule has 1 aromatic carbocycles. The molecule has 0 aliphatic carbocycles. The van der Waals surface area contributed by atoms with E-state index >= 15 is 0 Å². The van der Waals surface area contributed by atoms with E-state index in [1.807, 2.05) is 0 Å². The molecule has 0 spiro atoms. The van der Waals surface area contributed by atoms with E-state index in [-0.39, 0.29) is 23.5 Å². The molecule has 3 aromatic heterocycles. The molecule has 0 radical (unpaired) electrons. The van der Waals surface area contributed by atoms with E-state index in [1.54, 1.807) is 11.4 Å². The molecule has 10 nitrogen and oxygen atoms in total.